The van der Waals surface area contributed by atoms with Crippen molar-refractivity contribution in [2.24, 2.45) is 29.1 Å². The van der Waals surface area contributed by atoms with Gasteiger partial charge in [-0.05, 0) is 70.1 Å². The number of carbonyl (C=O) groups is 4. The lowest BCUT2D eigenvalue weighted by Crippen LogP contribution is -2.48. The van der Waals surface area contributed by atoms with Crippen LogP contribution >= 0.6 is 0 Å². The molecule has 0 saturated carbocycles. The maximum absolute atomic E-state index is 12.2. The zero-order valence-corrected chi connectivity index (χ0v) is 41.4. The average Bonchev–Trinajstić information content (AvgIpc) is 3.22. The number of allylic oxidation sites excluding steroid dienone is 1. The molecule has 0 spiro atoms. The number of rotatable bonds is 22. The predicted molar refractivity (Wildman–Crippen MR) is 250 cm³/mol. The van der Waals surface area contributed by atoms with E-state index in [1.165, 1.54) is 11.8 Å². The number of hydrazine groups is 1. The van der Waals surface area contributed by atoms with Crippen molar-refractivity contribution in [2.45, 2.75) is 179 Å². The van der Waals surface area contributed by atoms with Gasteiger partial charge in [0.15, 0.2) is 0 Å². The van der Waals surface area contributed by atoms with E-state index in [9.17, 15) is 19.2 Å². The summed E-state index contributed by atoms with van der Waals surface area (Å²) in [5.41, 5.74) is 13.5. The fourth-order valence-electron chi connectivity index (χ4n) is 5.75. The molecule has 1 fully saturated rings. The van der Waals surface area contributed by atoms with Crippen LogP contribution < -0.4 is 27.9 Å². The molecule has 10 N–H and O–H groups in total. The number of hydrogen-bond acceptors (Lipinski definition) is 12. The molecule has 1 aliphatic heterocycles. The minimum atomic E-state index is -0.844. The Morgan fingerprint density at radius 2 is 1.52 bits per heavy atom. The van der Waals surface area contributed by atoms with Crippen molar-refractivity contribution in [3.8, 4) is 0 Å². The number of primary amides is 1. The quantitative estimate of drug-likeness (QED) is 0.0379. The fourth-order valence-corrected chi connectivity index (χ4v) is 5.75. The molecule has 0 aromatic heterocycles. The highest BCUT2D eigenvalue weighted by Gasteiger charge is 2.27. The van der Waals surface area contributed by atoms with Crippen LogP contribution in [0.15, 0.2) is 11.4 Å². The van der Waals surface area contributed by atoms with Crippen LogP contribution in [0.4, 0.5) is 4.79 Å². The number of nitrogens with zero attached hydrogens (tertiary/aromatic N) is 2. The summed E-state index contributed by atoms with van der Waals surface area (Å²) in [4.78, 5) is 47.0. The van der Waals surface area contributed by atoms with E-state index in [-0.39, 0.29) is 44.0 Å². The third-order valence-corrected chi connectivity index (χ3v) is 8.92. The molecule has 1 heterocycles. The third kappa shape index (κ3) is 37.3. The lowest BCUT2D eigenvalue weighted by Gasteiger charge is -2.34. The number of carbonyl (C=O) groups excluding carboxylic acids is 3. The summed E-state index contributed by atoms with van der Waals surface area (Å²) in [5, 5.41) is 23.8. The minimum Gasteiger partial charge on any atom is -0.465 e. The zero-order valence-electron chi connectivity index (χ0n) is 41.4. The number of aliphatic hydroxyl groups is 1. The summed E-state index contributed by atoms with van der Waals surface area (Å²) >= 11 is 0. The molecule has 2 aliphatic rings. The van der Waals surface area contributed by atoms with Crippen molar-refractivity contribution in [3.63, 3.8) is 0 Å². The first-order valence-electron chi connectivity index (χ1n) is 23.4. The molecule has 17 nitrogen and oxygen atoms in total. The Hall–Kier alpha value is -3.22. The van der Waals surface area contributed by atoms with Crippen molar-refractivity contribution in [3.05, 3.63) is 11.4 Å². The van der Waals surface area contributed by atoms with E-state index in [4.69, 9.17) is 46.5 Å². The molecule has 17 heteroatoms. The molecule has 0 aromatic rings. The molecule has 62 heavy (non-hydrogen) atoms. The molecule has 2 rings (SSSR count). The summed E-state index contributed by atoms with van der Waals surface area (Å²) in [5.74, 6) is 6.45. The van der Waals surface area contributed by atoms with E-state index in [0.29, 0.717) is 70.7 Å². The lowest BCUT2D eigenvalue weighted by molar-refractivity contribution is -0.131. The molecule has 4 unspecified atom stereocenters. The lowest BCUT2D eigenvalue weighted by atomic mass is 9.98. The monoisotopic (exact) mass is 894 g/mol. The van der Waals surface area contributed by atoms with Crippen LogP contribution in [-0.2, 0) is 33.3 Å². The minimum absolute atomic E-state index is 0.0276. The molecule has 0 radical (unpaired) electrons. The number of nitrogens with one attached hydrogen (secondary N) is 2. The number of hydrogen-bond donors (Lipinski definition) is 7. The van der Waals surface area contributed by atoms with Crippen LogP contribution in [0, 0.1) is 11.8 Å². The molecule has 4 amide bonds. The first-order valence-corrected chi connectivity index (χ1v) is 23.4. The van der Waals surface area contributed by atoms with Gasteiger partial charge in [-0.1, -0.05) is 89.0 Å². The number of morpholine rings is 1. The van der Waals surface area contributed by atoms with Crippen molar-refractivity contribution in [1.29, 1.82) is 0 Å². The first kappa shape index (κ1) is 65.4. The second kappa shape index (κ2) is 44.4. The van der Waals surface area contributed by atoms with Crippen LogP contribution in [-0.4, -0.2) is 134 Å². The highest BCUT2D eigenvalue weighted by molar-refractivity contribution is 5.87. The van der Waals surface area contributed by atoms with Crippen LogP contribution in [0.5, 0.6) is 0 Å². The number of ether oxygens (including phenoxy) is 4. The van der Waals surface area contributed by atoms with Gasteiger partial charge in [-0.15, -0.1) is 0 Å². The van der Waals surface area contributed by atoms with Crippen molar-refractivity contribution < 1.29 is 48.3 Å². The maximum atomic E-state index is 12.2. The van der Waals surface area contributed by atoms with Gasteiger partial charge in [0.1, 0.15) is 18.8 Å². The van der Waals surface area contributed by atoms with Crippen LogP contribution in [0.1, 0.15) is 154 Å². The molecule has 370 valence electrons. The summed E-state index contributed by atoms with van der Waals surface area (Å²) in [6, 6.07) is -0.838. The normalized spacial score (nSPS) is 18.7. The molecule has 1 saturated heterocycles. The van der Waals surface area contributed by atoms with Gasteiger partial charge in [-0.2, -0.15) is 0 Å². The van der Waals surface area contributed by atoms with Crippen LogP contribution in [0.2, 0.25) is 0 Å². The Labute approximate surface area is 376 Å². The van der Waals surface area contributed by atoms with E-state index in [2.05, 4.69) is 38.3 Å². The second-order valence-corrected chi connectivity index (χ2v) is 15.1. The Balaban J connectivity index is -0.000000569. The first-order chi connectivity index (χ1) is 29.5. The highest BCUT2D eigenvalue weighted by Crippen LogP contribution is 2.25. The summed E-state index contributed by atoms with van der Waals surface area (Å²) in [6.45, 7) is 29.3. The van der Waals surface area contributed by atoms with Gasteiger partial charge >= 0.3 is 6.09 Å². The topological polar surface area (TPSA) is 254 Å². The van der Waals surface area contributed by atoms with E-state index < -0.39 is 23.9 Å². The smallest absolute Gasteiger partial charge is 0.407 e. The molecule has 0 bridgehead atoms. The highest BCUT2D eigenvalue weighted by atomic mass is 16.5. The van der Waals surface area contributed by atoms with Gasteiger partial charge in [-0.3, -0.25) is 14.4 Å². The van der Waals surface area contributed by atoms with Crippen LogP contribution in [0.3, 0.4) is 0 Å². The molecule has 1 aliphatic carbocycles. The SMILES string of the molecule is CC.CC.CC.CC(=O)NCCOCCOCC(=O)NC(CCCN(N)/C1=C(\N)CCCCCC1OCCC(C)C)C(N)=O.CC(C)CCO.CCC1CN(C(=O)O)CC(C)O1. The summed E-state index contributed by atoms with van der Waals surface area (Å²) in [7, 11) is 0. The number of amides is 4. The van der Waals surface area contributed by atoms with Gasteiger partial charge < -0.3 is 61.2 Å². The van der Waals surface area contributed by atoms with Crippen LogP contribution in [0.25, 0.3) is 0 Å². The van der Waals surface area contributed by atoms with Crippen molar-refractivity contribution >= 4 is 23.8 Å². The van der Waals surface area contributed by atoms with Gasteiger partial charge in [0.25, 0.3) is 0 Å². The number of aliphatic hydroxyl groups excluding tert-OH is 1. The van der Waals surface area contributed by atoms with E-state index in [0.717, 1.165) is 62.8 Å². The molecule has 0 aromatic carbocycles. The summed E-state index contributed by atoms with van der Waals surface area (Å²) < 4.78 is 22.3. The zero-order chi connectivity index (χ0) is 48.5. The predicted octanol–water partition coefficient (Wildman–Crippen LogP) is 5.91. The molecular weight excluding hydrogens is 799 g/mol. The Morgan fingerprint density at radius 3 is 2.03 bits per heavy atom. The Bertz CT molecular complexity index is 1130. The third-order valence-electron chi connectivity index (χ3n) is 8.92. The van der Waals surface area contributed by atoms with Gasteiger partial charge in [0.2, 0.25) is 17.7 Å². The maximum Gasteiger partial charge on any atom is 0.407 e. The Morgan fingerprint density at radius 1 is 0.903 bits per heavy atom. The standard InChI is InChI=1S/C26H50N6O6.C8H15NO3.C5H12O.3C2H6/c1-19(2)11-14-38-23-10-6-4-5-8-21(27)25(23)32(29)13-7-9-22(26(28)35)31-24(34)18-37-17-16-36-15-12-30-20(3)33;1-3-7-5-9(8(10)11)4-6(2)12-7;1-5(2)3-4-6;3*1-2/h19,22-23H,4-18,27,29H2,1-3H3,(H2,28,35)(H,30,33)(H,31,34);6-7H,3-5H2,1-2H3,(H,10,11);5-6H,3-4H2,1-2H3;3*1-2H3/b25-21-;;;;;. The van der Waals surface area contributed by atoms with Gasteiger partial charge in [0, 0.05) is 38.9 Å². The second-order valence-electron chi connectivity index (χ2n) is 15.1. The fraction of sp³-hybridized carbons (Fsp3) is 0.867. The van der Waals surface area contributed by atoms with E-state index in [1.807, 2.05) is 55.4 Å². The average molecular weight is 894 g/mol. The van der Waals surface area contributed by atoms with Gasteiger partial charge in [-0.25, -0.2) is 10.6 Å². The molecule has 4 atom stereocenters. The molecular formula is C45H95N7O10. The van der Waals surface area contributed by atoms with Crippen molar-refractivity contribution in [1.82, 2.24) is 20.5 Å². The van der Waals surface area contributed by atoms with E-state index >= 15 is 0 Å². The van der Waals surface area contributed by atoms with Crippen molar-refractivity contribution in [2.75, 3.05) is 65.8 Å². The summed E-state index contributed by atoms with van der Waals surface area (Å²) in [6.07, 6.45) is 7.52. The van der Waals surface area contributed by atoms with E-state index in [1.54, 1.807) is 5.01 Å². The number of carboxylic acid groups (broad SMARTS) is 1. The largest absolute Gasteiger partial charge is 0.465 e. The Kier molecular flexibility index (Phi) is 46.8. The number of nitrogens with two attached hydrogens (primary N) is 3. The van der Waals surface area contributed by atoms with Gasteiger partial charge in [0.05, 0.1) is 50.8 Å².